The van der Waals surface area contributed by atoms with Gasteiger partial charge in [-0.05, 0) is 24.3 Å². The fraction of sp³-hybridized carbons (Fsp3) is 0.222. The molecule has 0 heterocycles. The molecule has 0 aliphatic rings. The van der Waals surface area contributed by atoms with Crippen LogP contribution in [0.2, 0.25) is 0 Å². The topological polar surface area (TPSA) is 58.6 Å². The number of hydrogen-bond acceptors (Lipinski definition) is 3. The molecule has 0 aliphatic carbocycles. The second-order valence-corrected chi connectivity index (χ2v) is 2.59. The fourth-order valence-corrected chi connectivity index (χ4v) is 0.848. The van der Waals surface area contributed by atoms with E-state index in [1.54, 1.807) is 0 Å². The molecule has 4 nitrogen and oxygen atoms in total. The van der Waals surface area contributed by atoms with Crippen molar-refractivity contribution in [2.45, 2.75) is 6.42 Å². The molecule has 0 spiro atoms. The van der Waals surface area contributed by atoms with Gasteiger partial charge in [-0.3, -0.25) is 10.0 Å². The lowest BCUT2D eigenvalue weighted by molar-refractivity contribution is -0.129. The largest absolute Gasteiger partial charge is 0.493 e. The van der Waals surface area contributed by atoms with E-state index in [9.17, 15) is 9.18 Å². The van der Waals surface area contributed by atoms with Gasteiger partial charge in [0.2, 0.25) is 5.91 Å². The Kier molecular flexibility index (Phi) is 3.87. The Morgan fingerprint density at radius 3 is 2.64 bits per heavy atom. The third kappa shape index (κ3) is 3.40. The molecule has 14 heavy (non-hydrogen) atoms. The first-order valence-electron chi connectivity index (χ1n) is 4.03. The van der Waals surface area contributed by atoms with Crippen LogP contribution < -0.4 is 10.2 Å². The molecule has 2 N–H and O–H groups in total. The Balaban J connectivity index is 2.31. The summed E-state index contributed by atoms with van der Waals surface area (Å²) in [5, 5.41) is 8.16. The van der Waals surface area contributed by atoms with Crippen LogP contribution in [-0.4, -0.2) is 17.7 Å². The number of nitrogens with one attached hydrogen (secondary N) is 1. The van der Waals surface area contributed by atoms with Gasteiger partial charge in [0.15, 0.2) is 0 Å². The molecule has 0 radical (unpaired) electrons. The van der Waals surface area contributed by atoms with Crippen LogP contribution in [0.4, 0.5) is 4.39 Å². The first-order chi connectivity index (χ1) is 6.72. The number of carbonyl (C=O) groups is 1. The SMILES string of the molecule is O=C(CCOc1ccc(F)cc1)NO. The van der Waals surface area contributed by atoms with E-state index < -0.39 is 5.91 Å². The monoisotopic (exact) mass is 199 g/mol. The minimum Gasteiger partial charge on any atom is -0.493 e. The molecule has 1 rings (SSSR count). The Hall–Kier alpha value is -1.62. The molecule has 0 fully saturated rings. The molecule has 0 atom stereocenters. The number of hydrogen-bond donors (Lipinski definition) is 2. The molecular formula is C9H10FNO3. The summed E-state index contributed by atoms with van der Waals surface area (Å²) >= 11 is 0. The van der Waals surface area contributed by atoms with Gasteiger partial charge in [-0.25, -0.2) is 9.87 Å². The van der Waals surface area contributed by atoms with Gasteiger partial charge < -0.3 is 4.74 Å². The quantitative estimate of drug-likeness (QED) is 0.564. The average Bonchev–Trinajstić information content (AvgIpc) is 2.21. The van der Waals surface area contributed by atoms with Gasteiger partial charge in [0.25, 0.3) is 0 Å². The molecule has 0 bridgehead atoms. The van der Waals surface area contributed by atoms with E-state index in [1.165, 1.54) is 29.7 Å². The number of rotatable bonds is 4. The maximum absolute atomic E-state index is 12.4. The smallest absolute Gasteiger partial charge is 0.246 e. The van der Waals surface area contributed by atoms with E-state index in [4.69, 9.17) is 9.94 Å². The van der Waals surface area contributed by atoms with Crippen LogP contribution in [0.1, 0.15) is 6.42 Å². The van der Waals surface area contributed by atoms with Crippen molar-refractivity contribution in [3.8, 4) is 5.75 Å². The van der Waals surface area contributed by atoms with Gasteiger partial charge in [0.05, 0.1) is 13.0 Å². The summed E-state index contributed by atoms with van der Waals surface area (Å²) in [6.07, 6.45) is 0.0495. The molecule has 1 aromatic rings. The molecule has 0 saturated carbocycles. The van der Waals surface area contributed by atoms with Gasteiger partial charge in [0, 0.05) is 0 Å². The molecule has 0 aliphatic heterocycles. The summed E-state index contributed by atoms with van der Waals surface area (Å²) in [7, 11) is 0. The zero-order valence-electron chi connectivity index (χ0n) is 7.37. The van der Waals surface area contributed by atoms with Crippen LogP contribution in [0.5, 0.6) is 5.75 Å². The number of benzene rings is 1. The van der Waals surface area contributed by atoms with Crippen molar-refractivity contribution in [2.24, 2.45) is 0 Å². The second kappa shape index (κ2) is 5.18. The van der Waals surface area contributed by atoms with E-state index in [1.807, 2.05) is 0 Å². The number of hydroxylamine groups is 1. The third-order valence-corrected chi connectivity index (χ3v) is 1.54. The van der Waals surface area contributed by atoms with E-state index >= 15 is 0 Å². The summed E-state index contributed by atoms with van der Waals surface area (Å²) in [4.78, 5) is 10.6. The van der Waals surface area contributed by atoms with E-state index in [0.29, 0.717) is 5.75 Å². The first kappa shape index (κ1) is 10.5. The van der Waals surface area contributed by atoms with Gasteiger partial charge in [-0.15, -0.1) is 0 Å². The lowest BCUT2D eigenvalue weighted by atomic mass is 10.3. The highest BCUT2D eigenvalue weighted by Gasteiger charge is 1.99. The summed E-state index contributed by atoms with van der Waals surface area (Å²) in [6, 6.07) is 5.46. The van der Waals surface area contributed by atoms with Crippen LogP contribution in [-0.2, 0) is 4.79 Å². The third-order valence-electron chi connectivity index (χ3n) is 1.54. The first-order valence-corrected chi connectivity index (χ1v) is 4.03. The van der Waals surface area contributed by atoms with Gasteiger partial charge in [0.1, 0.15) is 11.6 Å². The van der Waals surface area contributed by atoms with Crippen molar-refractivity contribution < 1.29 is 19.1 Å². The number of ether oxygens (including phenoxy) is 1. The van der Waals surface area contributed by atoms with Gasteiger partial charge in [-0.1, -0.05) is 0 Å². The lowest BCUT2D eigenvalue weighted by Crippen LogP contribution is -2.20. The summed E-state index contributed by atoms with van der Waals surface area (Å²) in [5.74, 6) is -0.380. The van der Waals surface area contributed by atoms with Crippen molar-refractivity contribution in [1.29, 1.82) is 0 Å². The molecule has 5 heteroatoms. The highest BCUT2D eigenvalue weighted by molar-refractivity contribution is 5.74. The number of halogens is 1. The zero-order valence-corrected chi connectivity index (χ0v) is 7.37. The van der Waals surface area contributed by atoms with Crippen molar-refractivity contribution in [3.63, 3.8) is 0 Å². The van der Waals surface area contributed by atoms with Crippen LogP contribution in [0.25, 0.3) is 0 Å². The second-order valence-electron chi connectivity index (χ2n) is 2.59. The van der Waals surface area contributed by atoms with Crippen molar-refractivity contribution in [3.05, 3.63) is 30.1 Å². The average molecular weight is 199 g/mol. The molecule has 1 amide bonds. The Morgan fingerprint density at radius 1 is 1.43 bits per heavy atom. The Labute approximate surface area is 80.3 Å². The van der Waals surface area contributed by atoms with Crippen LogP contribution in [0.15, 0.2) is 24.3 Å². The lowest BCUT2D eigenvalue weighted by Gasteiger charge is -2.04. The van der Waals surface area contributed by atoms with Gasteiger partial charge in [-0.2, -0.15) is 0 Å². The predicted molar refractivity (Wildman–Crippen MR) is 46.4 cm³/mol. The summed E-state index contributed by atoms with van der Waals surface area (Å²) in [5.41, 5.74) is 1.48. The number of carbonyl (C=O) groups excluding carboxylic acids is 1. The maximum Gasteiger partial charge on any atom is 0.246 e. The molecule has 76 valence electrons. The zero-order chi connectivity index (χ0) is 10.4. The Morgan fingerprint density at radius 2 is 2.07 bits per heavy atom. The summed E-state index contributed by atoms with van der Waals surface area (Å²) in [6.45, 7) is 0.137. The number of amides is 1. The predicted octanol–water partition coefficient (Wildman–Crippen LogP) is 1.10. The van der Waals surface area contributed by atoms with Crippen LogP contribution >= 0.6 is 0 Å². The molecule has 0 saturated heterocycles. The highest BCUT2D eigenvalue weighted by atomic mass is 19.1. The van der Waals surface area contributed by atoms with Crippen LogP contribution in [0, 0.1) is 5.82 Å². The molecule has 1 aromatic carbocycles. The van der Waals surface area contributed by atoms with E-state index in [-0.39, 0.29) is 18.8 Å². The minimum atomic E-state index is -0.521. The van der Waals surface area contributed by atoms with Crippen molar-refractivity contribution in [2.75, 3.05) is 6.61 Å². The minimum absolute atomic E-state index is 0.0495. The van der Waals surface area contributed by atoms with Crippen LogP contribution in [0.3, 0.4) is 0 Å². The molecule has 0 aromatic heterocycles. The Bertz CT molecular complexity index is 299. The van der Waals surface area contributed by atoms with E-state index in [0.717, 1.165) is 0 Å². The fourth-order valence-electron chi connectivity index (χ4n) is 0.848. The molecule has 0 unspecified atom stereocenters. The summed E-state index contributed by atoms with van der Waals surface area (Å²) < 4.78 is 17.5. The van der Waals surface area contributed by atoms with Crippen molar-refractivity contribution >= 4 is 5.91 Å². The standard InChI is InChI=1S/C9H10FNO3/c10-7-1-3-8(4-2-7)14-6-5-9(12)11-13/h1-4,13H,5-6H2,(H,11,12). The normalized spacial score (nSPS) is 9.57. The van der Waals surface area contributed by atoms with Gasteiger partial charge >= 0.3 is 0 Å². The van der Waals surface area contributed by atoms with Crippen molar-refractivity contribution in [1.82, 2.24) is 5.48 Å². The maximum atomic E-state index is 12.4. The van der Waals surface area contributed by atoms with E-state index in [2.05, 4.69) is 0 Å². The highest BCUT2D eigenvalue weighted by Crippen LogP contribution is 2.10. The molecular weight excluding hydrogens is 189 g/mol.